The third-order valence-electron chi connectivity index (χ3n) is 5.52. The number of amides is 1. The fourth-order valence-corrected chi connectivity index (χ4v) is 3.93. The van der Waals surface area contributed by atoms with Crippen molar-refractivity contribution in [2.45, 2.75) is 25.7 Å². The van der Waals surface area contributed by atoms with Gasteiger partial charge in [-0.3, -0.25) is 14.5 Å². The first-order chi connectivity index (χ1) is 16.2. The second-order valence-electron chi connectivity index (χ2n) is 7.68. The van der Waals surface area contributed by atoms with Gasteiger partial charge in [-0.05, 0) is 29.7 Å². The monoisotopic (exact) mass is 467 g/mol. The average Bonchev–Trinajstić information content (AvgIpc) is 3.09. The molecule has 1 saturated heterocycles. The molecule has 5 nitrogen and oxygen atoms in total. The van der Waals surface area contributed by atoms with Gasteiger partial charge in [0.05, 0.1) is 11.6 Å². The molecule has 0 aromatic heterocycles. The number of benzene rings is 3. The first kappa shape index (κ1) is 23.1. The molecule has 1 unspecified atom stereocenters. The molecule has 0 aliphatic carbocycles. The van der Waals surface area contributed by atoms with Crippen molar-refractivity contribution in [1.29, 1.82) is 0 Å². The lowest BCUT2D eigenvalue weighted by atomic mass is 9.95. The molecule has 3 aromatic rings. The minimum Gasteiger partial charge on any atom is -0.507 e. The Bertz CT molecular complexity index is 1250. The Hall–Kier alpha value is -4.07. The highest BCUT2D eigenvalue weighted by Crippen LogP contribution is 2.43. The van der Waals surface area contributed by atoms with Gasteiger partial charge in [0, 0.05) is 17.3 Å². The number of nitrogens with zero attached hydrogens (tertiary/aromatic N) is 1. The maximum Gasteiger partial charge on any atom is 0.573 e. The maximum atomic E-state index is 13.1. The number of rotatable bonds is 5. The standard InChI is InChI=1S/C26H20F3NO4/c1-2-16-11-13-18(14-12-16)23(31)21-22(17-7-4-3-5-8-17)30(25(33)24(21)32)19-9-6-10-20(15-19)34-26(27,28)29/h3-15,22,31H,2H2,1H3/b23-21+. The molecule has 1 aliphatic rings. The van der Waals surface area contributed by atoms with Crippen molar-refractivity contribution in [3.05, 3.63) is 101 Å². The van der Waals surface area contributed by atoms with Crippen LogP contribution in [-0.2, 0) is 16.0 Å². The molecule has 0 spiro atoms. The zero-order chi connectivity index (χ0) is 24.5. The molecule has 174 valence electrons. The number of ether oxygens (including phenoxy) is 1. The number of carbonyl (C=O) groups is 2. The topological polar surface area (TPSA) is 66.8 Å². The molecule has 1 aliphatic heterocycles. The van der Waals surface area contributed by atoms with Crippen LogP contribution in [-0.4, -0.2) is 23.2 Å². The first-order valence-electron chi connectivity index (χ1n) is 10.5. The van der Waals surface area contributed by atoms with Crippen molar-refractivity contribution >= 4 is 23.1 Å². The zero-order valence-corrected chi connectivity index (χ0v) is 18.0. The van der Waals surface area contributed by atoms with Crippen LogP contribution in [0.2, 0.25) is 0 Å². The number of Topliss-reactive ketones (excluding diaryl/α,β-unsaturated/α-hetero) is 1. The highest BCUT2D eigenvalue weighted by Gasteiger charge is 2.47. The Kier molecular flexibility index (Phi) is 6.15. The van der Waals surface area contributed by atoms with E-state index in [0.717, 1.165) is 29.0 Å². The normalized spacial score (nSPS) is 17.8. The Balaban J connectivity index is 1.87. The molecule has 8 heteroatoms. The van der Waals surface area contributed by atoms with Crippen molar-refractivity contribution in [3.8, 4) is 5.75 Å². The lowest BCUT2D eigenvalue weighted by molar-refractivity contribution is -0.274. The van der Waals surface area contributed by atoms with Crippen molar-refractivity contribution in [1.82, 2.24) is 0 Å². The summed E-state index contributed by atoms with van der Waals surface area (Å²) in [7, 11) is 0. The van der Waals surface area contributed by atoms with Crippen molar-refractivity contribution in [3.63, 3.8) is 0 Å². The molecule has 1 atom stereocenters. The van der Waals surface area contributed by atoms with E-state index in [1.165, 1.54) is 12.1 Å². The van der Waals surface area contributed by atoms with Crippen LogP contribution in [0.25, 0.3) is 5.76 Å². The van der Waals surface area contributed by atoms with Gasteiger partial charge in [0.2, 0.25) is 0 Å². The van der Waals surface area contributed by atoms with Crippen molar-refractivity contribution < 1.29 is 32.6 Å². The number of hydrogen-bond donors (Lipinski definition) is 1. The molecule has 4 rings (SSSR count). The lowest BCUT2D eigenvalue weighted by Gasteiger charge is -2.26. The number of aliphatic hydroxyl groups is 1. The van der Waals surface area contributed by atoms with Crippen LogP contribution in [0.4, 0.5) is 18.9 Å². The lowest BCUT2D eigenvalue weighted by Crippen LogP contribution is -2.29. The van der Waals surface area contributed by atoms with Gasteiger partial charge in [-0.2, -0.15) is 0 Å². The van der Waals surface area contributed by atoms with Crippen LogP contribution >= 0.6 is 0 Å². The van der Waals surface area contributed by atoms with E-state index in [9.17, 15) is 27.9 Å². The molecule has 1 amide bonds. The van der Waals surface area contributed by atoms with E-state index in [1.54, 1.807) is 54.6 Å². The quantitative estimate of drug-likeness (QED) is 0.294. The van der Waals surface area contributed by atoms with E-state index in [0.29, 0.717) is 11.1 Å². The van der Waals surface area contributed by atoms with E-state index in [1.807, 2.05) is 6.92 Å². The molecule has 3 aromatic carbocycles. The summed E-state index contributed by atoms with van der Waals surface area (Å²) in [5.74, 6) is -2.80. The van der Waals surface area contributed by atoms with Gasteiger partial charge in [0.25, 0.3) is 11.7 Å². The van der Waals surface area contributed by atoms with Gasteiger partial charge in [-0.25, -0.2) is 0 Å². The van der Waals surface area contributed by atoms with Gasteiger partial charge < -0.3 is 9.84 Å². The summed E-state index contributed by atoms with van der Waals surface area (Å²) in [5, 5.41) is 11.1. The molecule has 34 heavy (non-hydrogen) atoms. The van der Waals surface area contributed by atoms with Gasteiger partial charge in [-0.1, -0.05) is 67.6 Å². The smallest absolute Gasteiger partial charge is 0.507 e. The summed E-state index contributed by atoms with van der Waals surface area (Å²) in [6.45, 7) is 1.98. The number of alkyl halides is 3. The number of halogens is 3. The summed E-state index contributed by atoms with van der Waals surface area (Å²) < 4.78 is 42.2. The van der Waals surface area contributed by atoms with E-state index in [4.69, 9.17) is 0 Å². The SMILES string of the molecule is CCc1ccc(/C(O)=C2\C(=O)C(=O)N(c3cccc(OC(F)(F)F)c3)C2c2ccccc2)cc1. The van der Waals surface area contributed by atoms with Crippen LogP contribution in [0.5, 0.6) is 5.75 Å². The number of anilines is 1. The van der Waals surface area contributed by atoms with Gasteiger partial charge >= 0.3 is 6.36 Å². The second kappa shape index (κ2) is 9.05. The molecular formula is C26H20F3NO4. The Morgan fingerprint density at radius 1 is 0.971 bits per heavy atom. The Labute approximate surface area is 193 Å². The van der Waals surface area contributed by atoms with Crippen LogP contribution in [0.1, 0.15) is 29.7 Å². The van der Waals surface area contributed by atoms with E-state index in [2.05, 4.69) is 4.74 Å². The van der Waals surface area contributed by atoms with Gasteiger partial charge in [0.1, 0.15) is 11.5 Å². The number of hydrogen-bond acceptors (Lipinski definition) is 4. The van der Waals surface area contributed by atoms with Crippen LogP contribution in [0, 0.1) is 0 Å². The highest BCUT2D eigenvalue weighted by atomic mass is 19.4. The molecule has 0 bridgehead atoms. The summed E-state index contributed by atoms with van der Waals surface area (Å²) in [4.78, 5) is 27.3. The number of ketones is 1. The molecule has 1 fully saturated rings. The van der Waals surface area contributed by atoms with E-state index in [-0.39, 0.29) is 17.0 Å². The molecular weight excluding hydrogens is 447 g/mol. The van der Waals surface area contributed by atoms with Crippen LogP contribution < -0.4 is 9.64 Å². The average molecular weight is 467 g/mol. The highest BCUT2D eigenvalue weighted by molar-refractivity contribution is 6.51. The zero-order valence-electron chi connectivity index (χ0n) is 18.0. The Morgan fingerprint density at radius 3 is 2.26 bits per heavy atom. The number of carbonyl (C=O) groups excluding carboxylic acids is 2. The first-order valence-corrected chi connectivity index (χ1v) is 10.5. The fraction of sp³-hybridized carbons (Fsp3) is 0.154. The molecule has 1 heterocycles. The third kappa shape index (κ3) is 4.52. The van der Waals surface area contributed by atoms with Crippen molar-refractivity contribution in [2.75, 3.05) is 4.90 Å². The molecule has 0 saturated carbocycles. The fourth-order valence-electron chi connectivity index (χ4n) is 3.93. The maximum absolute atomic E-state index is 13.1. The molecule has 0 radical (unpaired) electrons. The van der Waals surface area contributed by atoms with Gasteiger partial charge in [0.15, 0.2) is 0 Å². The number of aliphatic hydroxyl groups excluding tert-OH is 1. The van der Waals surface area contributed by atoms with Crippen LogP contribution in [0.3, 0.4) is 0 Å². The van der Waals surface area contributed by atoms with Crippen molar-refractivity contribution in [2.24, 2.45) is 0 Å². The Morgan fingerprint density at radius 2 is 1.65 bits per heavy atom. The van der Waals surface area contributed by atoms with E-state index >= 15 is 0 Å². The summed E-state index contributed by atoms with van der Waals surface area (Å²) >= 11 is 0. The van der Waals surface area contributed by atoms with Gasteiger partial charge in [-0.15, -0.1) is 13.2 Å². The van der Waals surface area contributed by atoms with E-state index < -0.39 is 29.8 Å². The third-order valence-corrected chi connectivity index (χ3v) is 5.52. The number of aryl methyl sites for hydroxylation is 1. The minimum atomic E-state index is -4.92. The summed E-state index contributed by atoms with van der Waals surface area (Å²) in [6, 6.07) is 19.2. The summed E-state index contributed by atoms with van der Waals surface area (Å²) in [5.41, 5.74) is 1.76. The summed E-state index contributed by atoms with van der Waals surface area (Å²) in [6.07, 6.45) is -4.14. The minimum absolute atomic E-state index is 0.0260. The molecule has 1 N–H and O–H groups in total. The predicted octanol–water partition coefficient (Wildman–Crippen LogP) is 5.77. The van der Waals surface area contributed by atoms with Crippen LogP contribution in [0.15, 0.2) is 84.4 Å². The predicted molar refractivity (Wildman–Crippen MR) is 120 cm³/mol. The second-order valence-corrected chi connectivity index (χ2v) is 7.68. The largest absolute Gasteiger partial charge is 0.573 e.